The largest absolute Gasteiger partial charge is 0.315 e. The molecule has 0 aliphatic heterocycles. The molecule has 0 rings (SSSR count). The fraction of sp³-hybridized carbons (Fsp3) is 1.00. The standard InChI is InChI=1S/C13H29NO2S/c1-6-8-17(15,16)9-7-14-10-13(11(2)3)12(4)5/h11-14H,6-10H2,1-5H3. The van der Waals surface area contributed by atoms with Gasteiger partial charge in [-0.15, -0.1) is 0 Å². The van der Waals surface area contributed by atoms with E-state index in [1.807, 2.05) is 6.92 Å². The van der Waals surface area contributed by atoms with Gasteiger partial charge in [0.2, 0.25) is 0 Å². The summed E-state index contributed by atoms with van der Waals surface area (Å²) in [6, 6.07) is 0. The minimum Gasteiger partial charge on any atom is -0.315 e. The van der Waals surface area contributed by atoms with Crippen LogP contribution in [0.15, 0.2) is 0 Å². The van der Waals surface area contributed by atoms with E-state index in [4.69, 9.17) is 0 Å². The minimum atomic E-state index is -2.83. The SMILES string of the molecule is CCCS(=O)(=O)CCNCC(C(C)C)C(C)C. The Morgan fingerprint density at radius 3 is 1.94 bits per heavy atom. The van der Waals surface area contributed by atoms with E-state index >= 15 is 0 Å². The smallest absolute Gasteiger partial charge is 0.151 e. The molecule has 0 saturated carbocycles. The van der Waals surface area contributed by atoms with E-state index in [0.29, 0.717) is 36.5 Å². The first-order valence-corrected chi connectivity index (χ1v) is 8.53. The zero-order valence-corrected chi connectivity index (χ0v) is 12.8. The van der Waals surface area contributed by atoms with E-state index in [0.717, 1.165) is 6.54 Å². The Hall–Kier alpha value is -0.0900. The van der Waals surface area contributed by atoms with E-state index in [9.17, 15) is 8.42 Å². The quantitative estimate of drug-likeness (QED) is 0.649. The Labute approximate surface area is 107 Å². The molecule has 0 saturated heterocycles. The van der Waals surface area contributed by atoms with Crippen LogP contribution in [0.1, 0.15) is 41.0 Å². The molecule has 0 aromatic heterocycles. The van der Waals surface area contributed by atoms with Crippen LogP contribution in [-0.4, -0.2) is 33.0 Å². The molecule has 0 radical (unpaired) electrons. The van der Waals surface area contributed by atoms with E-state index in [-0.39, 0.29) is 5.75 Å². The molecule has 0 fully saturated rings. The fourth-order valence-electron chi connectivity index (χ4n) is 2.15. The average Bonchev–Trinajstić information content (AvgIpc) is 2.15. The van der Waals surface area contributed by atoms with Gasteiger partial charge >= 0.3 is 0 Å². The number of hydrogen-bond acceptors (Lipinski definition) is 3. The summed E-state index contributed by atoms with van der Waals surface area (Å²) in [7, 11) is -2.83. The third-order valence-electron chi connectivity index (χ3n) is 3.20. The molecular weight excluding hydrogens is 234 g/mol. The van der Waals surface area contributed by atoms with Crippen LogP contribution in [0, 0.1) is 17.8 Å². The van der Waals surface area contributed by atoms with E-state index < -0.39 is 9.84 Å². The molecule has 104 valence electrons. The van der Waals surface area contributed by atoms with Crippen molar-refractivity contribution < 1.29 is 8.42 Å². The van der Waals surface area contributed by atoms with Crippen LogP contribution >= 0.6 is 0 Å². The molecule has 0 aliphatic carbocycles. The predicted octanol–water partition coefficient (Wildman–Crippen LogP) is 2.33. The predicted molar refractivity (Wildman–Crippen MR) is 75.0 cm³/mol. The van der Waals surface area contributed by atoms with Crippen LogP contribution in [0.25, 0.3) is 0 Å². The minimum absolute atomic E-state index is 0.268. The lowest BCUT2D eigenvalue weighted by atomic mass is 9.85. The third-order valence-corrected chi connectivity index (χ3v) is 5.05. The average molecular weight is 263 g/mol. The van der Waals surface area contributed by atoms with Gasteiger partial charge in [-0.05, 0) is 30.7 Å². The summed E-state index contributed by atoms with van der Waals surface area (Å²) < 4.78 is 23.0. The van der Waals surface area contributed by atoms with Gasteiger partial charge in [-0.2, -0.15) is 0 Å². The van der Waals surface area contributed by atoms with Crippen molar-refractivity contribution in [3.05, 3.63) is 0 Å². The summed E-state index contributed by atoms with van der Waals surface area (Å²) >= 11 is 0. The third kappa shape index (κ3) is 7.77. The Morgan fingerprint density at radius 1 is 1.00 bits per heavy atom. The van der Waals surface area contributed by atoms with Crippen LogP contribution in [0.4, 0.5) is 0 Å². The molecule has 0 unspecified atom stereocenters. The molecule has 0 heterocycles. The molecule has 0 amide bonds. The van der Waals surface area contributed by atoms with Crippen molar-refractivity contribution in [2.24, 2.45) is 17.8 Å². The maximum absolute atomic E-state index is 11.5. The van der Waals surface area contributed by atoms with Gasteiger partial charge in [0.15, 0.2) is 9.84 Å². The van der Waals surface area contributed by atoms with Crippen LogP contribution in [0.2, 0.25) is 0 Å². The van der Waals surface area contributed by atoms with Gasteiger partial charge in [0, 0.05) is 12.3 Å². The Balaban J connectivity index is 3.91. The lowest BCUT2D eigenvalue weighted by Crippen LogP contribution is -2.33. The van der Waals surface area contributed by atoms with Crippen molar-refractivity contribution in [2.45, 2.75) is 41.0 Å². The van der Waals surface area contributed by atoms with Gasteiger partial charge in [-0.25, -0.2) is 8.42 Å². The zero-order valence-electron chi connectivity index (χ0n) is 12.0. The van der Waals surface area contributed by atoms with Crippen LogP contribution in [0.3, 0.4) is 0 Å². The van der Waals surface area contributed by atoms with Gasteiger partial charge in [0.05, 0.1) is 5.75 Å². The molecule has 0 aromatic rings. The molecule has 3 nitrogen and oxygen atoms in total. The maximum atomic E-state index is 11.5. The molecule has 0 bridgehead atoms. The molecule has 17 heavy (non-hydrogen) atoms. The lowest BCUT2D eigenvalue weighted by Gasteiger charge is -2.25. The number of rotatable bonds is 9. The van der Waals surface area contributed by atoms with Crippen LogP contribution in [0.5, 0.6) is 0 Å². The Bertz CT molecular complexity index is 276. The Morgan fingerprint density at radius 2 is 1.53 bits per heavy atom. The summed E-state index contributed by atoms with van der Waals surface area (Å²) in [5.41, 5.74) is 0. The van der Waals surface area contributed by atoms with Gasteiger partial charge in [0.25, 0.3) is 0 Å². The van der Waals surface area contributed by atoms with Gasteiger partial charge in [-0.3, -0.25) is 0 Å². The second-order valence-corrected chi connectivity index (χ2v) is 7.81. The zero-order chi connectivity index (χ0) is 13.5. The first-order valence-electron chi connectivity index (χ1n) is 6.71. The van der Waals surface area contributed by atoms with Crippen LogP contribution in [-0.2, 0) is 9.84 Å². The van der Waals surface area contributed by atoms with Gasteiger partial charge in [-0.1, -0.05) is 34.6 Å². The van der Waals surface area contributed by atoms with Crippen molar-refractivity contribution in [1.82, 2.24) is 5.32 Å². The first kappa shape index (κ1) is 16.9. The number of nitrogens with one attached hydrogen (secondary N) is 1. The van der Waals surface area contributed by atoms with Gasteiger partial charge in [0.1, 0.15) is 0 Å². The molecule has 4 heteroatoms. The van der Waals surface area contributed by atoms with E-state index in [2.05, 4.69) is 33.0 Å². The highest BCUT2D eigenvalue weighted by atomic mass is 32.2. The molecule has 0 aliphatic rings. The van der Waals surface area contributed by atoms with Crippen molar-refractivity contribution >= 4 is 9.84 Å². The fourth-order valence-corrected chi connectivity index (χ4v) is 3.43. The molecule has 1 N–H and O–H groups in total. The van der Waals surface area contributed by atoms with Crippen molar-refractivity contribution in [3.8, 4) is 0 Å². The van der Waals surface area contributed by atoms with Crippen molar-refractivity contribution in [1.29, 1.82) is 0 Å². The highest BCUT2D eigenvalue weighted by molar-refractivity contribution is 7.91. The van der Waals surface area contributed by atoms with E-state index in [1.54, 1.807) is 0 Å². The van der Waals surface area contributed by atoms with Crippen molar-refractivity contribution in [2.75, 3.05) is 24.6 Å². The summed E-state index contributed by atoms with van der Waals surface area (Å²) in [6.45, 7) is 12.3. The van der Waals surface area contributed by atoms with E-state index in [1.165, 1.54) is 0 Å². The second-order valence-electron chi connectivity index (χ2n) is 5.51. The normalized spacial score (nSPS) is 12.9. The highest BCUT2D eigenvalue weighted by Crippen LogP contribution is 2.19. The first-order chi connectivity index (χ1) is 7.80. The number of hydrogen-bond donors (Lipinski definition) is 1. The summed E-state index contributed by atoms with van der Waals surface area (Å²) in [5, 5.41) is 3.28. The topological polar surface area (TPSA) is 46.2 Å². The van der Waals surface area contributed by atoms with Crippen molar-refractivity contribution in [3.63, 3.8) is 0 Å². The second kappa shape index (κ2) is 8.09. The lowest BCUT2D eigenvalue weighted by molar-refractivity contribution is 0.278. The summed E-state index contributed by atoms with van der Waals surface area (Å²) in [5.74, 6) is 2.46. The maximum Gasteiger partial charge on any atom is 0.151 e. The Kier molecular flexibility index (Phi) is 8.05. The molecule has 0 atom stereocenters. The number of sulfone groups is 1. The van der Waals surface area contributed by atoms with Gasteiger partial charge < -0.3 is 5.32 Å². The summed E-state index contributed by atoms with van der Waals surface area (Å²) in [4.78, 5) is 0. The monoisotopic (exact) mass is 263 g/mol. The molecular formula is C13H29NO2S. The molecule has 0 spiro atoms. The summed E-state index contributed by atoms with van der Waals surface area (Å²) in [6.07, 6.45) is 0.711. The molecule has 0 aromatic carbocycles. The highest BCUT2D eigenvalue weighted by Gasteiger charge is 2.17. The van der Waals surface area contributed by atoms with Crippen LogP contribution < -0.4 is 5.32 Å².